The number of hydrogen-bond donors (Lipinski definition) is 1. The molecule has 1 heteroatoms. The Hall–Kier alpha value is -0.300. The largest absolute Gasteiger partial charge is 0.393 e. The highest BCUT2D eigenvalue weighted by Gasteiger charge is 2.09. The summed E-state index contributed by atoms with van der Waals surface area (Å²) in [6, 6.07) is 0. The van der Waals surface area contributed by atoms with Crippen LogP contribution in [0.3, 0.4) is 0 Å². The molecule has 0 fully saturated rings. The number of unbranched alkanes of at least 4 members (excludes halogenated alkanes) is 3. The Balaban J connectivity index is 3.36. The van der Waals surface area contributed by atoms with Crippen LogP contribution in [0.15, 0.2) is 12.2 Å². The minimum atomic E-state index is -0.113. The molecule has 90 valence electrons. The molecule has 0 amide bonds. The molecule has 0 aromatic carbocycles. The van der Waals surface area contributed by atoms with Crippen molar-refractivity contribution in [1.82, 2.24) is 0 Å². The summed E-state index contributed by atoms with van der Waals surface area (Å²) in [5.74, 6) is 0.440. The van der Waals surface area contributed by atoms with Crippen molar-refractivity contribution < 1.29 is 5.11 Å². The van der Waals surface area contributed by atoms with Gasteiger partial charge in [0.25, 0.3) is 0 Å². The van der Waals surface area contributed by atoms with Crippen molar-refractivity contribution in [3.63, 3.8) is 0 Å². The number of rotatable bonds is 9. The molecule has 2 atom stereocenters. The fourth-order valence-corrected chi connectivity index (χ4v) is 1.70. The number of aliphatic hydroxyl groups is 1. The molecule has 0 aliphatic rings. The zero-order valence-corrected chi connectivity index (χ0v) is 10.7. The van der Waals surface area contributed by atoms with Gasteiger partial charge in [-0.25, -0.2) is 0 Å². The van der Waals surface area contributed by atoms with Crippen molar-refractivity contribution in [3.8, 4) is 0 Å². The Bertz CT molecular complexity index is 151. The normalized spacial score (nSPS) is 15.7. The zero-order chi connectivity index (χ0) is 11.5. The summed E-state index contributed by atoms with van der Waals surface area (Å²) < 4.78 is 0. The van der Waals surface area contributed by atoms with E-state index in [4.69, 9.17) is 0 Å². The van der Waals surface area contributed by atoms with Crippen molar-refractivity contribution in [3.05, 3.63) is 12.2 Å². The Morgan fingerprint density at radius 1 is 1.07 bits per heavy atom. The molecule has 0 aliphatic heterocycles. The third-order valence-corrected chi connectivity index (χ3v) is 3.00. The van der Waals surface area contributed by atoms with E-state index < -0.39 is 0 Å². The molecule has 0 saturated heterocycles. The summed E-state index contributed by atoms with van der Waals surface area (Å²) in [6.45, 7) is 6.42. The first kappa shape index (κ1) is 14.7. The topological polar surface area (TPSA) is 20.2 Å². The maximum atomic E-state index is 9.58. The molecule has 0 aromatic rings. The Kier molecular flexibility index (Phi) is 10.0. The van der Waals surface area contributed by atoms with Crippen LogP contribution >= 0.6 is 0 Å². The second-order valence-electron chi connectivity index (χ2n) is 4.50. The monoisotopic (exact) mass is 212 g/mol. The van der Waals surface area contributed by atoms with Crippen molar-refractivity contribution in [2.24, 2.45) is 5.92 Å². The summed E-state index contributed by atoms with van der Waals surface area (Å²) in [7, 11) is 0. The van der Waals surface area contributed by atoms with Gasteiger partial charge in [0, 0.05) is 0 Å². The molecule has 0 radical (unpaired) electrons. The van der Waals surface area contributed by atoms with Gasteiger partial charge in [0.1, 0.15) is 0 Å². The molecule has 0 bridgehead atoms. The van der Waals surface area contributed by atoms with Crippen LogP contribution in [0, 0.1) is 5.92 Å². The van der Waals surface area contributed by atoms with E-state index in [1.807, 2.05) is 6.92 Å². The third kappa shape index (κ3) is 8.68. The Morgan fingerprint density at radius 3 is 2.33 bits per heavy atom. The minimum absolute atomic E-state index is 0.113. The van der Waals surface area contributed by atoms with Gasteiger partial charge in [-0.3, -0.25) is 0 Å². The Labute approximate surface area is 95.6 Å². The van der Waals surface area contributed by atoms with Crippen LogP contribution in [-0.2, 0) is 0 Å². The first-order chi connectivity index (χ1) is 7.22. The molecule has 0 heterocycles. The average molecular weight is 212 g/mol. The van der Waals surface area contributed by atoms with Crippen LogP contribution in [-0.4, -0.2) is 11.2 Å². The molecule has 1 N–H and O–H groups in total. The summed E-state index contributed by atoms with van der Waals surface area (Å²) >= 11 is 0. The van der Waals surface area contributed by atoms with Crippen molar-refractivity contribution in [1.29, 1.82) is 0 Å². The number of allylic oxidation sites excluding steroid dienone is 2. The fraction of sp³-hybridized carbons (Fsp3) is 0.857. The van der Waals surface area contributed by atoms with Gasteiger partial charge in [-0.1, -0.05) is 45.8 Å². The van der Waals surface area contributed by atoms with Gasteiger partial charge in [-0.05, 0) is 38.0 Å². The highest BCUT2D eigenvalue weighted by molar-refractivity contribution is 4.82. The fourth-order valence-electron chi connectivity index (χ4n) is 1.70. The van der Waals surface area contributed by atoms with E-state index in [1.54, 1.807) is 0 Å². The molecule has 1 unspecified atom stereocenters. The van der Waals surface area contributed by atoms with E-state index in [0.29, 0.717) is 5.92 Å². The van der Waals surface area contributed by atoms with Gasteiger partial charge in [0.05, 0.1) is 6.10 Å². The number of hydrogen-bond acceptors (Lipinski definition) is 1. The maximum absolute atomic E-state index is 9.58. The first-order valence-electron chi connectivity index (χ1n) is 6.55. The van der Waals surface area contributed by atoms with E-state index in [0.717, 1.165) is 19.3 Å². The van der Waals surface area contributed by atoms with Crippen molar-refractivity contribution in [2.75, 3.05) is 0 Å². The third-order valence-electron chi connectivity index (χ3n) is 3.00. The van der Waals surface area contributed by atoms with Gasteiger partial charge in [-0.2, -0.15) is 0 Å². The zero-order valence-electron chi connectivity index (χ0n) is 10.7. The van der Waals surface area contributed by atoms with Crippen LogP contribution in [0.25, 0.3) is 0 Å². The molecule has 0 spiro atoms. The summed E-state index contributed by atoms with van der Waals surface area (Å²) in [5, 5.41) is 9.58. The maximum Gasteiger partial charge on any atom is 0.0563 e. The molecular weight excluding hydrogens is 184 g/mol. The van der Waals surface area contributed by atoms with Gasteiger partial charge < -0.3 is 5.11 Å². The van der Waals surface area contributed by atoms with Crippen LogP contribution in [0.5, 0.6) is 0 Å². The summed E-state index contributed by atoms with van der Waals surface area (Å²) in [5.41, 5.74) is 0. The second kappa shape index (κ2) is 10.2. The van der Waals surface area contributed by atoms with Crippen molar-refractivity contribution in [2.45, 2.75) is 71.8 Å². The highest BCUT2D eigenvalue weighted by Crippen LogP contribution is 2.13. The lowest BCUT2D eigenvalue weighted by atomic mass is 9.97. The quantitative estimate of drug-likeness (QED) is 0.446. The lowest BCUT2D eigenvalue weighted by Crippen LogP contribution is -2.15. The van der Waals surface area contributed by atoms with Crippen molar-refractivity contribution >= 4 is 0 Å². The molecule has 0 rings (SSSR count). The van der Waals surface area contributed by atoms with E-state index in [9.17, 15) is 5.11 Å². The van der Waals surface area contributed by atoms with E-state index in [-0.39, 0.29) is 6.10 Å². The molecule has 15 heavy (non-hydrogen) atoms. The smallest absolute Gasteiger partial charge is 0.0563 e. The number of aliphatic hydroxyl groups excluding tert-OH is 1. The van der Waals surface area contributed by atoms with E-state index in [1.165, 1.54) is 25.7 Å². The van der Waals surface area contributed by atoms with Gasteiger partial charge in [-0.15, -0.1) is 0 Å². The summed E-state index contributed by atoms with van der Waals surface area (Å²) in [6.07, 6.45) is 12.7. The van der Waals surface area contributed by atoms with Crippen LogP contribution < -0.4 is 0 Å². The predicted octanol–water partition coefficient (Wildman–Crippen LogP) is 4.31. The van der Waals surface area contributed by atoms with E-state index in [2.05, 4.69) is 26.0 Å². The predicted molar refractivity (Wildman–Crippen MR) is 68.0 cm³/mol. The molecular formula is C14H28O. The standard InChI is InChI=1S/C14H28O/c1-4-6-7-8-9-10-11-12-13(3)14(15)5-2/h9-10,13-15H,4-8,11-12H2,1-3H3/b10-9+/t13-,14?/m1/s1. The first-order valence-corrected chi connectivity index (χ1v) is 6.55. The highest BCUT2D eigenvalue weighted by atomic mass is 16.3. The molecule has 0 aliphatic carbocycles. The SMILES string of the molecule is CCCCC/C=C/CC[C@@H](C)C(O)CC. The van der Waals surface area contributed by atoms with E-state index >= 15 is 0 Å². The molecule has 0 saturated carbocycles. The summed E-state index contributed by atoms with van der Waals surface area (Å²) in [4.78, 5) is 0. The van der Waals surface area contributed by atoms with Crippen LogP contribution in [0.2, 0.25) is 0 Å². The van der Waals surface area contributed by atoms with Crippen LogP contribution in [0.4, 0.5) is 0 Å². The molecule has 0 aromatic heterocycles. The van der Waals surface area contributed by atoms with Gasteiger partial charge in [0.2, 0.25) is 0 Å². The van der Waals surface area contributed by atoms with Gasteiger partial charge >= 0.3 is 0 Å². The molecule has 1 nitrogen and oxygen atoms in total. The Morgan fingerprint density at radius 2 is 1.73 bits per heavy atom. The lowest BCUT2D eigenvalue weighted by molar-refractivity contribution is 0.108. The average Bonchev–Trinajstić information content (AvgIpc) is 2.26. The second-order valence-corrected chi connectivity index (χ2v) is 4.50. The van der Waals surface area contributed by atoms with Crippen LogP contribution in [0.1, 0.15) is 65.7 Å². The lowest BCUT2D eigenvalue weighted by Gasteiger charge is -2.15. The van der Waals surface area contributed by atoms with Gasteiger partial charge in [0.15, 0.2) is 0 Å². The minimum Gasteiger partial charge on any atom is -0.393 e.